The molecular formula is C14H19NO4. The van der Waals surface area contributed by atoms with Crippen LogP contribution in [0, 0.1) is 0 Å². The maximum Gasteiger partial charge on any atom is 0.303 e. The maximum atomic E-state index is 11.6. The number of benzene rings is 1. The molecule has 5 heteroatoms. The summed E-state index contributed by atoms with van der Waals surface area (Å²) >= 11 is 0. The van der Waals surface area contributed by atoms with Crippen LogP contribution in [0.15, 0.2) is 24.3 Å². The van der Waals surface area contributed by atoms with Gasteiger partial charge in [-0.1, -0.05) is 18.2 Å². The largest absolute Gasteiger partial charge is 0.496 e. The molecule has 104 valence electrons. The lowest BCUT2D eigenvalue weighted by Gasteiger charge is -2.08. The molecule has 0 spiro atoms. The lowest BCUT2D eigenvalue weighted by Crippen LogP contribution is -2.25. The normalized spacial score (nSPS) is 9.95. The van der Waals surface area contributed by atoms with Gasteiger partial charge in [0.25, 0.3) is 0 Å². The molecule has 0 saturated carbocycles. The predicted molar refractivity (Wildman–Crippen MR) is 71.2 cm³/mol. The third kappa shape index (κ3) is 5.90. The lowest BCUT2D eigenvalue weighted by atomic mass is 10.1. The summed E-state index contributed by atoms with van der Waals surface area (Å²) in [4.78, 5) is 21.9. The molecule has 0 fully saturated rings. The zero-order chi connectivity index (χ0) is 14.1. The van der Waals surface area contributed by atoms with E-state index >= 15 is 0 Å². The standard InChI is InChI=1S/C14H19NO4/c1-19-12-6-3-2-5-11(12)8-9-13(16)15-10-4-7-14(17)18/h2-3,5-6H,4,7-10H2,1H3,(H,15,16)(H,17,18). The van der Waals surface area contributed by atoms with Crippen molar-refractivity contribution in [3.8, 4) is 5.75 Å². The number of nitrogens with one attached hydrogen (secondary N) is 1. The minimum absolute atomic E-state index is 0.0729. The Bertz CT molecular complexity index is 431. The number of hydrogen-bond donors (Lipinski definition) is 2. The first-order valence-electron chi connectivity index (χ1n) is 6.24. The number of ether oxygens (including phenoxy) is 1. The van der Waals surface area contributed by atoms with Crippen molar-refractivity contribution in [2.45, 2.75) is 25.7 Å². The first-order chi connectivity index (χ1) is 9.13. The number of amides is 1. The monoisotopic (exact) mass is 265 g/mol. The highest BCUT2D eigenvalue weighted by Gasteiger charge is 2.06. The molecule has 0 aliphatic carbocycles. The van der Waals surface area contributed by atoms with Gasteiger partial charge in [0, 0.05) is 19.4 Å². The van der Waals surface area contributed by atoms with Gasteiger partial charge in [-0.15, -0.1) is 0 Å². The molecule has 1 aromatic rings. The van der Waals surface area contributed by atoms with Crippen LogP contribution in [0.5, 0.6) is 5.75 Å². The summed E-state index contributed by atoms with van der Waals surface area (Å²) in [5.74, 6) is -0.138. The summed E-state index contributed by atoms with van der Waals surface area (Å²) in [6.45, 7) is 0.400. The topological polar surface area (TPSA) is 75.6 Å². The molecule has 0 atom stereocenters. The molecule has 0 unspecified atom stereocenters. The Morgan fingerprint density at radius 3 is 2.68 bits per heavy atom. The minimum atomic E-state index is -0.844. The summed E-state index contributed by atoms with van der Waals surface area (Å²) in [7, 11) is 1.60. The number of carbonyl (C=O) groups is 2. The van der Waals surface area contributed by atoms with Crippen molar-refractivity contribution in [2.75, 3.05) is 13.7 Å². The van der Waals surface area contributed by atoms with E-state index in [0.717, 1.165) is 11.3 Å². The highest BCUT2D eigenvalue weighted by Crippen LogP contribution is 2.18. The molecule has 0 aliphatic rings. The van der Waals surface area contributed by atoms with Crippen LogP contribution in [0.4, 0.5) is 0 Å². The van der Waals surface area contributed by atoms with E-state index in [-0.39, 0.29) is 12.3 Å². The molecule has 19 heavy (non-hydrogen) atoms. The molecule has 2 N–H and O–H groups in total. The van der Waals surface area contributed by atoms with Crippen LogP contribution >= 0.6 is 0 Å². The highest BCUT2D eigenvalue weighted by atomic mass is 16.5. The Morgan fingerprint density at radius 1 is 1.26 bits per heavy atom. The molecule has 5 nitrogen and oxygen atoms in total. The van der Waals surface area contributed by atoms with Gasteiger partial charge in [-0.25, -0.2) is 0 Å². The van der Waals surface area contributed by atoms with E-state index in [9.17, 15) is 9.59 Å². The van der Waals surface area contributed by atoms with Gasteiger partial charge in [0.05, 0.1) is 7.11 Å². The van der Waals surface area contributed by atoms with Crippen molar-refractivity contribution in [2.24, 2.45) is 0 Å². The Balaban J connectivity index is 2.28. The second-order valence-corrected chi connectivity index (χ2v) is 4.16. The molecule has 0 radical (unpaired) electrons. The zero-order valence-electron chi connectivity index (χ0n) is 11.0. The van der Waals surface area contributed by atoms with Crippen LogP contribution in [-0.2, 0) is 16.0 Å². The van der Waals surface area contributed by atoms with Gasteiger partial charge in [-0.05, 0) is 24.5 Å². The Morgan fingerprint density at radius 2 is 2.00 bits per heavy atom. The van der Waals surface area contributed by atoms with Crippen LogP contribution < -0.4 is 10.1 Å². The molecule has 0 bridgehead atoms. The summed E-state index contributed by atoms with van der Waals surface area (Å²) in [5, 5.41) is 11.2. The van der Waals surface area contributed by atoms with Crippen LogP contribution in [0.1, 0.15) is 24.8 Å². The number of hydrogen-bond acceptors (Lipinski definition) is 3. The molecule has 0 saturated heterocycles. The second kappa shape index (κ2) is 8.13. The van der Waals surface area contributed by atoms with E-state index in [1.165, 1.54) is 0 Å². The van der Waals surface area contributed by atoms with Crippen molar-refractivity contribution in [1.82, 2.24) is 5.32 Å². The fraction of sp³-hybridized carbons (Fsp3) is 0.429. The maximum absolute atomic E-state index is 11.6. The smallest absolute Gasteiger partial charge is 0.303 e. The third-order valence-corrected chi connectivity index (χ3v) is 2.70. The van der Waals surface area contributed by atoms with Gasteiger partial charge in [-0.2, -0.15) is 0 Å². The van der Waals surface area contributed by atoms with Gasteiger partial charge in [0.1, 0.15) is 5.75 Å². The zero-order valence-corrected chi connectivity index (χ0v) is 11.0. The Hall–Kier alpha value is -2.04. The number of carboxylic acid groups (broad SMARTS) is 1. The van der Waals surface area contributed by atoms with Gasteiger partial charge in [-0.3, -0.25) is 9.59 Å². The summed E-state index contributed by atoms with van der Waals surface area (Å²) in [6.07, 6.45) is 1.50. The van der Waals surface area contributed by atoms with E-state index in [4.69, 9.17) is 9.84 Å². The number of aryl methyl sites for hydroxylation is 1. The van der Waals surface area contributed by atoms with E-state index in [1.807, 2.05) is 24.3 Å². The molecule has 1 aromatic carbocycles. The first-order valence-corrected chi connectivity index (χ1v) is 6.24. The van der Waals surface area contributed by atoms with Gasteiger partial charge < -0.3 is 15.2 Å². The van der Waals surface area contributed by atoms with Crippen molar-refractivity contribution in [3.05, 3.63) is 29.8 Å². The fourth-order valence-corrected chi connectivity index (χ4v) is 1.71. The van der Waals surface area contributed by atoms with Crippen molar-refractivity contribution >= 4 is 11.9 Å². The van der Waals surface area contributed by atoms with Gasteiger partial charge in [0.15, 0.2) is 0 Å². The molecule has 0 aliphatic heterocycles. The minimum Gasteiger partial charge on any atom is -0.496 e. The molecule has 1 rings (SSSR count). The van der Waals surface area contributed by atoms with Crippen LogP contribution in [0.25, 0.3) is 0 Å². The average molecular weight is 265 g/mol. The Kier molecular flexibility index (Phi) is 6.43. The van der Waals surface area contributed by atoms with Crippen molar-refractivity contribution in [1.29, 1.82) is 0 Å². The number of aliphatic carboxylic acids is 1. The van der Waals surface area contributed by atoms with Crippen LogP contribution in [0.3, 0.4) is 0 Å². The average Bonchev–Trinajstić information content (AvgIpc) is 2.41. The quantitative estimate of drug-likeness (QED) is 0.700. The number of rotatable bonds is 8. The van der Waals surface area contributed by atoms with Gasteiger partial charge >= 0.3 is 5.97 Å². The first kappa shape index (κ1) is 15.0. The SMILES string of the molecule is COc1ccccc1CCC(=O)NCCCC(=O)O. The van der Waals surface area contributed by atoms with E-state index in [1.54, 1.807) is 7.11 Å². The van der Waals surface area contributed by atoms with E-state index < -0.39 is 5.97 Å². The Labute approximate surface area is 112 Å². The molecule has 0 heterocycles. The molecular weight excluding hydrogens is 246 g/mol. The summed E-state index contributed by atoms with van der Waals surface area (Å²) in [6, 6.07) is 7.58. The molecule has 1 amide bonds. The summed E-state index contributed by atoms with van der Waals surface area (Å²) < 4.78 is 5.21. The lowest BCUT2D eigenvalue weighted by molar-refractivity contribution is -0.137. The van der Waals surface area contributed by atoms with Crippen LogP contribution in [0.2, 0.25) is 0 Å². The van der Waals surface area contributed by atoms with Crippen LogP contribution in [-0.4, -0.2) is 30.6 Å². The van der Waals surface area contributed by atoms with Gasteiger partial charge in [0.2, 0.25) is 5.91 Å². The second-order valence-electron chi connectivity index (χ2n) is 4.16. The summed E-state index contributed by atoms with van der Waals surface area (Å²) in [5.41, 5.74) is 0.991. The van der Waals surface area contributed by atoms with Crippen molar-refractivity contribution < 1.29 is 19.4 Å². The predicted octanol–water partition coefficient (Wildman–Crippen LogP) is 1.61. The number of carboxylic acids is 1. The van der Waals surface area contributed by atoms with E-state index in [2.05, 4.69) is 5.32 Å². The van der Waals surface area contributed by atoms with Crippen molar-refractivity contribution in [3.63, 3.8) is 0 Å². The fourth-order valence-electron chi connectivity index (χ4n) is 1.71. The number of para-hydroxylation sites is 1. The third-order valence-electron chi connectivity index (χ3n) is 2.70. The highest BCUT2D eigenvalue weighted by molar-refractivity contribution is 5.76. The molecule has 0 aromatic heterocycles. The number of carbonyl (C=O) groups excluding carboxylic acids is 1. The van der Waals surface area contributed by atoms with E-state index in [0.29, 0.717) is 25.8 Å². The number of methoxy groups -OCH3 is 1.